The van der Waals surface area contributed by atoms with Gasteiger partial charge in [0, 0.05) is 21.7 Å². The van der Waals surface area contributed by atoms with E-state index in [1.54, 1.807) is 0 Å². The zero-order valence-corrected chi connectivity index (χ0v) is 10.6. The first-order chi connectivity index (χ1) is 13.1. The second-order valence-corrected chi connectivity index (χ2v) is 4.51. The van der Waals surface area contributed by atoms with E-state index in [0.29, 0.717) is 0 Å². The first-order valence-electron chi connectivity index (χ1n) is 10.00. The Morgan fingerprint density at radius 1 is 1.52 bits per heavy atom. The molecule has 0 radical (unpaired) electrons. The maximum Gasteiger partial charge on any atom is 0.264 e. The number of carbonyl (C=O) groups is 2. The van der Waals surface area contributed by atoms with Crippen molar-refractivity contribution in [3.05, 3.63) is 34.4 Å². The minimum atomic E-state index is -3.24. The summed E-state index contributed by atoms with van der Waals surface area (Å²) in [6, 6.07) is -0.177. The van der Waals surface area contributed by atoms with E-state index in [4.69, 9.17) is 16.7 Å². The number of nitrogen functional groups attached to an aromatic ring is 1. The van der Waals surface area contributed by atoms with E-state index in [9.17, 15) is 14.4 Å². The highest BCUT2D eigenvalue weighted by atomic mass is 16.2. The molecule has 1 heterocycles. The number of ketones is 2. The second-order valence-electron chi connectivity index (χ2n) is 4.51. The van der Waals surface area contributed by atoms with Gasteiger partial charge < -0.3 is 5.73 Å². The number of Topliss-reactive ketones (excluding diaryl/α,β-unsaturated/α-hetero) is 2. The van der Waals surface area contributed by atoms with Crippen LogP contribution in [-0.4, -0.2) is 21.1 Å². The molecule has 0 spiro atoms. The molecule has 1 saturated carbocycles. The van der Waals surface area contributed by atoms with Gasteiger partial charge in [0.15, 0.2) is 5.78 Å². The van der Waals surface area contributed by atoms with Gasteiger partial charge in [-0.2, -0.15) is 0 Å². The Bertz CT molecular complexity index is 1120. The predicted molar refractivity (Wildman–Crippen MR) is 78.1 cm³/mol. The fraction of sp³-hybridized carbons (Fsp3) is 0.333. The summed E-state index contributed by atoms with van der Waals surface area (Å²) in [5, 5.41) is -0.397. The summed E-state index contributed by atoms with van der Waals surface area (Å²) in [5.74, 6) is -3.47. The number of hydrogen-bond donors (Lipinski definition) is 1. The van der Waals surface area contributed by atoms with Crippen molar-refractivity contribution in [3.8, 4) is 0 Å². The molecule has 0 amide bonds. The first-order valence-corrected chi connectivity index (χ1v) is 6.00. The van der Waals surface area contributed by atoms with E-state index in [-0.39, 0.29) is 21.8 Å². The number of rotatable bonds is 1. The molecule has 1 aromatic carbocycles. The van der Waals surface area contributed by atoms with Crippen molar-refractivity contribution in [1.82, 2.24) is 9.55 Å². The standard InChI is InChI=1S/C15H15N3O3/c1-8-17-11-4-2-3-10(16)14(11)15(21)18(8)12-6-5-9(19)7-13(12)20/h2-4,12H,5-7,16H2,1H3/i1D3,4D,5D2,6D2. The molecule has 2 aromatic rings. The summed E-state index contributed by atoms with van der Waals surface area (Å²) in [6.07, 6.45) is -7.42. The molecule has 1 atom stereocenters. The van der Waals surface area contributed by atoms with Crippen molar-refractivity contribution in [3.63, 3.8) is 0 Å². The summed E-state index contributed by atoms with van der Waals surface area (Å²) >= 11 is 0. The van der Waals surface area contributed by atoms with Gasteiger partial charge in [0.25, 0.3) is 5.56 Å². The fourth-order valence-electron chi connectivity index (χ4n) is 2.17. The summed E-state index contributed by atoms with van der Waals surface area (Å²) in [5.41, 5.74) is 4.04. The van der Waals surface area contributed by atoms with E-state index in [0.717, 1.165) is 0 Å². The Labute approximate surface area is 131 Å². The Morgan fingerprint density at radius 3 is 3.10 bits per heavy atom. The van der Waals surface area contributed by atoms with Gasteiger partial charge in [0.1, 0.15) is 11.6 Å². The monoisotopic (exact) mass is 293 g/mol. The van der Waals surface area contributed by atoms with Gasteiger partial charge in [-0.25, -0.2) is 4.98 Å². The first kappa shape index (κ1) is 6.98. The lowest BCUT2D eigenvalue weighted by Gasteiger charge is -2.24. The molecular formula is C15H15N3O3. The minimum absolute atomic E-state index is 0.178. The van der Waals surface area contributed by atoms with Crippen molar-refractivity contribution < 1.29 is 20.6 Å². The van der Waals surface area contributed by atoms with Crippen molar-refractivity contribution in [2.24, 2.45) is 0 Å². The van der Waals surface area contributed by atoms with Crippen molar-refractivity contribution in [2.45, 2.75) is 32.1 Å². The number of nitrogens with zero attached hydrogens (tertiary/aromatic N) is 2. The molecule has 1 fully saturated rings. The van der Waals surface area contributed by atoms with Crippen LogP contribution >= 0.6 is 0 Å². The van der Waals surface area contributed by atoms with Crippen molar-refractivity contribution in [2.75, 3.05) is 5.73 Å². The number of aryl methyl sites for hydroxylation is 1. The summed E-state index contributed by atoms with van der Waals surface area (Å²) in [7, 11) is 0. The Morgan fingerprint density at radius 2 is 2.33 bits per heavy atom. The largest absolute Gasteiger partial charge is 0.398 e. The van der Waals surface area contributed by atoms with Crippen molar-refractivity contribution >= 4 is 28.2 Å². The quantitative estimate of drug-likeness (QED) is 0.628. The van der Waals surface area contributed by atoms with Gasteiger partial charge in [-0.05, 0) is 25.3 Å². The third-order valence-electron chi connectivity index (χ3n) is 3.13. The molecular weight excluding hydrogens is 270 g/mol. The van der Waals surface area contributed by atoms with Gasteiger partial charge in [-0.1, -0.05) is 6.07 Å². The van der Waals surface area contributed by atoms with Crippen LogP contribution in [0.2, 0.25) is 0 Å². The Hall–Kier alpha value is -2.50. The highest BCUT2D eigenvalue weighted by Crippen LogP contribution is 2.24. The highest BCUT2D eigenvalue weighted by molar-refractivity contribution is 6.03. The number of fused-ring (bicyclic) bond motifs is 1. The van der Waals surface area contributed by atoms with Crippen LogP contribution in [0.25, 0.3) is 10.9 Å². The summed E-state index contributed by atoms with van der Waals surface area (Å²) in [4.78, 5) is 41.5. The molecule has 1 unspecified atom stereocenters. The van der Waals surface area contributed by atoms with Gasteiger partial charge in [-0.15, -0.1) is 0 Å². The van der Waals surface area contributed by atoms with E-state index < -0.39 is 60.4 Å². The van der Waals surface area contributed by atoms with E-state index in [1.165, 1.54) is 12.1 Å². The molecule has 1 aliphatic carbocycles. The van der Waals surface area contributed by atoms with E-state index in [2.05, 4.69) is 4.98 Å². The minimum Gasteiger partial charge on any atom is -0.398 e. The topological polar surface area (TPSA) is 95.0 Å². The maximum atomic E-state index is 13.2. The van der Waals surface area contributed by atoms with E-state index >= 15 is 0 Å². The zero-order valence-electron chi connectivity index (χ0n) is 18.6. The second kappa shape index (κ2) is 4.80. The SMILES string of the molecule is [2H]c1ccc(N)c2c(=O)n(C3C(=O)CC(=O)C([2H])([2H])C3([2H])[2H])c(C([2H])([2H])[2H])nc12. The molecule has 2 N–H and O–H groups in total. The van der Waals surface area contributed by atoms with Crippen LogP contribution in [0, 0.1) is 6.85 Å². The lowest BCUT2D eigenvalue weighted by molar-refractivity contribution is -0.132. The van der Waals surface area contributed by atoms with Crippen molar-refractivity contribution in [1.29, 1.82) is 0 Å². The van der Waals surface area contributed by atoms with E-state index in [1.807, 2.05) is 0 Å². The van der Waals surface area contributed by atoms with Crippen LogP contribution in [0.5, 0.6) is 0 Å². The summed E-state index contributed by atoms with van der Waals surface area (Å²) < 4.78 is 63.0. The van der Waals surface area contributed by atoms with Crippen LogP contribution in [0.15, 0.2) is 23.0 Å². The Kier molecular flexibility index (Phi) is 1.59. The molecule has 6 nitrogen and oxygen atoms in total. The zero-order chi connectivity index (χ0) is 22.1. The lowest BCUT2D eigenvalue weighted by Crippen LogP contribution is -2.36. The molecule has 21 heavy (non-hydrogen) atoms. The van der Waals surface area contributed by atoms with Gasteiger partial charge in [0.05, 0.1) is 24.7 Å². The number of aromatic nitrogens is 2. The normalized spacial score (nSPS) is 30.2. The number of hydrogen-bond acceptors (Lipinski definition) is 5. The summed E-state index contributed by atoms with van der Waals surface area (Å²) in [6.45, 7) is -3.12. The lowest BCUT2D eigenvalue weighted by atomic mass is 9.92. The van der Waals surface area contributed by atoms with Crippen LogP contribution in [0.4, 0.5) is 5.69 Å². The van der Waals surface area contributed by atoms with Gasteiger partial charge in [-0.3, -0.25) is 19.0 Å². The number of benzene rings is 1. The molecule has 1 aliphatic rings. The smallest absolute Gasteiger partial charge is 0.264 e. The predicted octanol–water partition coefficient (Wildman–Crippen LogP) is 1.15. The fourth-order valence-corrected chi connectivity index (χ4v) is 2.17. The van der Waals surface area contributed by atoms with Crippen LogP contribution < -0.4 is 11.3 Å². The number of anilines is 1. The highest BCUT2D eigenvalue weighted by Gasteiger charge is 2.30. The number of nitrogens with two attached hydrogens (primary N) is 1. The average Bonchev–Trinajstić information content (AvgIpc) is 2.57. The molecule has 3 rings (SSSR count). The molecule has 0 aliphatic heterocycles. The van der Waals surface area contributed by atoms with Gasteiger partial charge in [0.2, 0.25) is 0 Å². The van der Waals surface area contributed by atoms with Crippen LogP contribution in [0.3, 0.4) is 0 Å². The molecule has 6 heteroatoms. The van der Waals surface area contributed by atoms with Crippen LogP contribution in [0.1, 0.15) is 42.0 Å². The third-order valence-corrected chi connectivity index (χ3v) is 3.13. The Balaban J connectivity index is 2.50. The third kappa shape index (κ3) is 2.12. The molecule has 0 saturated heterocycles. The molecule has 108 valence electrons. The average molecular weight is 293 g/mol. The van der Waals surface area contributed by atoms with Gasteiger partial charge >= 0.3 is 0 Å². The molecule has 1 aromatic heterocycles. The van der Waals surface area contributed by atoms with Crippen LogP contribution in [-0.2, 0) is 9.59 Å². The molecule has 0 bridgehead atoms. The number of carbonyl (C=O) groups excluding carboxylic acids is 2. The maximum absolute atomic E-state index is 13.2.